The highest BCUT2D eigenvalue weighted by Crippen LogP contribution is 2.37. The van der Waals surface area contributed by atoms with E-state index in [1.165, 1.54) is 0 Å². The van der Waals surface area contributed by atoms with Crippen LogP contribution < -0.4 is 10.2 Å². The number of unbranched alkanes of at least 4 members (excludes halogenated alkanes) is 1. The van der Waals surface area contributed by atoms with Crippen LogP contribution in [0.25, 0.3) is 11.3 Å². The van der Waals surface area contributed by atoms with E-state index in [1.807, 2.05) is 24.3 Å². The number of methoxy groups -OCH3 is 1. The smallest absolute Gasteiger partial charge is 0.497 e. The summed E-state index contributed by atoms with van der Waals surface area (Å²) in [5.74, 6) is 1.65. The Labute approximate surface area is 156 Å². The molecule has 1 aromatic carbocycles. The Bertz CT molecular complexity index is 736. The Morgan fingerprint density at radius 2 is 1.65 bits per heavy atom. The lowest BCUT2D eigenvalue weighted by Crippen LogP contribution is -2.41. The predicted molar refractivity (Wildman–Crippen MR) is 103 cm³/mol. The molecule has 0 radical (unpaired) electrons. The minimum Gasteiger partial charge on any atom is -0.497 e. The van der Waals surface area contributed by atoms with Crippen molar-refractivity contribution in [1.29, 1.82) is 0 Å². The van der Waals surface area contributed by atoms with Crippen molar-refractivity contribution in [3.05, 3.63) is 30.0 Å². The highest BCUT2D eigenvalue weighted by Gasteiger charge is 2.53. The van der Waals surface area contributed by atoms with Crippen LogP contribution in [0.3, 0.4) is 0 Å². The minimum absolute atomic E-state index is 0.409. The van der Waals surface area contributed by atoms with E-state index in [9.17, 15) is 0 Å². The quantitative estimate of drug-likeness (QED) is 0.732. The SMILES string of the molecule is CCCCc1onc(-c2ccc(OC)cc2)c1B1OC(C)(C)C(C)(C)O1. The summed E-state index contributed by atoms with van der Waals surface area (Å²) in [6.45, 7) is 10.4. The first-order valence-corrected chi connectivity index (χ1v) is 9.27. The van der Waals surface area contributed by atoms with E-state index >= 15 is 0 Å². The van der Waals surface area contributed by atoms with Crippen LogP contribution in [-0.4, -0.2) is 30.6 Å². The molecule has 1 aliphatic heterocycles. The summed E-state index contributed by atoms with van der Waals surface area (Å²) in [5, 5.41) is 4.36. The fourth-order valence-electron chi connectivity index (χ4n) is 3.01. The third kappa shape index (κ3) is 3.40. The molecule has 140 valence electrons. The second kappa shape index (κ2) is 7.08. The molecule has 1 aromatic heterocycles. The van der Waals surface area contributed by atoms with Gasteiger partial charge < -0.3 is 18.6 Å². The van der Waals surface area contributed by atoms with Gasteiger partial charge in [-0.05, 0) is 58.4 Å². The van der Waals surface area contributed by atoms with Crippen molar-refractivity contribution in [2.24, 2.45) is 0 Å². The Kier molecular flexibility index (Phi) is 5.17. The lowest BCUT2D eigenvalue weighted by Gasteiger charge is -2.32. The van der Waals surface area contributed by atoms with E-state index in [1.54, 1.807) is 7.11 Å². The van der Waals surface area contributed by atoms with Crippen LogP contribution in [0.1, 0.15) is 53.2 Å². The van der Waals surface area contributed by atoms with E-state index in [4.69, 9.17) is 18.6 Å². The lowest BCUT2D eigenvalue weighted by atomic mass is 9.75. The molecule has 2 aromatic rings. The van der Waals surface area contributed by atoms with Crippen LogP contribution in [0.15, 0.2) is 28.8 Å². The van der Waals surface area contributed by atoms with Crippen molar-refractivity contribution < 1.29 is 18.6 Å². The molecule has 2 heterocycles. The van der Waals surface area contributed by atoms with E-state index in [-0.39, 0.29) is 0 Å². The van der Waals surface area contributed by atoms with Crippen LogP contribution >= 0.6 is 0 Å². The average molecular weight is 357 g/mol. The number of benzene rings is 1. The zero-order chi connectivity index (χ0) is 18.9. The first-order valence-electron chi connectivity index (χ1n) is 9.27. The maximum absolute atomic E-state index is 6.29. The topological polar surface area (TPSA) is 53.7 Å². The van der Waals surface area contributed by atoms with Crippen LogP contribution in [0.2, 0.25) is 0 Å². The zero-order valence-electron chi connectivity index (χ0n) is 16.6. The minimum atomic E-state index is -0.491. The summed E-state index contributed by atoms with van der Waals surface area (Å²) in [4.78, 5) is 0. The molecule has 0 unspecified atom stereocenters. The molecule has 0 spiro atoms. The highest BCUT2D eigenvalue weighted by molar-refractivity contribution is 6.64. The number of hydrogen-bond donors (Lipinski definition) is 0. The van der Waals surface area contributed by atoms with E-state index in [0.717, 1.165) is 47.5 Å². The predicted octanol–water partition coefficient (Wildman–Crippen LogP) is 3.99. The Morgan fingerprint density at radius 3 is 2.19 bits per heavy atom. The van der Waals surface area contributed by atoms with Crippen molar-refractivity contribution >= 4 is 12.6 Å². The number of aryl methyl sites for hydroxylation is 1. The molecule has 1 aliphatic rings. The van der Waals surface area contributed by atoms with Gasteiger partial charge in [-0.3, -0.25) is 0 Å². The first kappa shape index (κ1) is 19.0. The summed E-state index contributed by atoms with van der Waals surface area (Å²) in [7, 11) is 1.17. The summed E-state index contributed by atoms with van der Waals surface area (Å²) >= 11 is 0. The summed E-state index contributed by atoms with van der Waals surface area (Å²) < 4.78 is 23.5. The molecular weight excluding hydrogens is 329 g/mol. The van der Waals surface area contributed by atoms with E-state index in [2.05, 4.69) is 39.8 Å². The van der Waals surface area contributed by atoms with Gasteiger partial charge in [0.2, 0.25) is 0 Å². The molecule has 1 fully saturated rings. The fourth-order valence-corrected chi connectivity index (χ4v) is 3.01. The van der Waals surface area contributed by atoms with Gasteiger partial charge in [-0.2, -0.15) is 0 Å². The van der Waals surface area contributed by atoms with Gasteiger partial charge in [0.25, 0.3) is 0 Å². The van der Waals surface area contributed by atoms with Crippen LogP contribution in [0, 0.1) is 0 Å². The van der Waals surface area contributed by atoms with Crippen molar-refractivity contribution in [3.8, 4) is 17.0 Å². The molecule has 0 N–H and O–H groups in total. The van der Waals surface area contributed by atoms with Gasteiger partial charge in [0, 0.05) is 12.0 Å². The largest absolute Gasteiger partial charge is 0.500 e. The second-order valence-corrected chi connectivity index (χ2v) is 7.79. The highest BCUT2D eigenvalue weighted by atomic mass is 16.7. The third-order valence-corrected chi connectivity index (χ3v) is 5.41. The number of nitrogens with zero attached hydrogens (tertiary/aromatic N) is 1. The summed E-state index contributed by atoms with van der Waals surface area (Å²) in [5.41, 5.74) is 1.82. The average Bonchev–Trinajstić information content (AvgIpc) is 3.11. The van der Waals surface area contributed by atoms with Gasteiger partial charge in [0.05, 0.1) is 23.8 Å². The second-order valence-electron chi connectivity index (χ2n) is 7.79. The van der Waals surface area contributed by atoms with Gasteiger partial charge in [-0.25, -0.2) is 0 Å². The maximum Gasteiger partial charge on any atom is 0.500 e. The molecule has 3 rings (SSSR count). The number of aromatic nitrogens is 1. The number of hydrogen-bond acceptors (Lipinski definition) is 5. The van der Waals surface area contributed by atoms with E-state index in [0.29, 0.717) is 0 Å². The third-order valence-electron chi connectivity index (χ3n) is 5.41. The Morgan fingerprint density at radius 1 is 1.04 bits per heavy atom. The van der Waals surface area contributed by atoms with Crippen LogP contribution in [0.4, 0.5) is 0 Å². The molecule has 0 aliphatic carbocycles. The molecule has 0 bridgehead atoms. The monoisotopic (exact) mass is 357 g/mol. The van der Waals surface area contributed by atoms with Gasteiger partial charge in [-0.15, -0.1) is 0 Å². The molecule has 6 heteroatoms. The zero-order valence-corrected chi connectivity index (χ0v) is 16.6. The van der Waals surface area contributed by atoms with E-state index < -0.39 is 18.3 Å². The lowest BCUT2D eigenvalue weighted by molar-refractivity contribution is 0.00578. The van der Waals surface area contributed by atoms with Crippen molar-refractivity contribution in [2.75, 3.05) is 7.11 Å². The molecule has 5 nitrogen and oxygen atoms in total. The molecule has 0 saturated carbocycles. The van der Waals surface area contributed by atoms with Crippen molar-refractivity contribution in [3.63, 3.8) is 0 Å². The van der Waals surface area contributed by atoms with Crippen LogP contribution in [0.5, 0.6) is 5.75 Å². The Balaban J connectivity index is 2.02. The molecule has 1 saturated heterocycles. The van der Waals surface area contributed by atoms with Gasteiger partial charge in [0.1, 0.15) is 17.2 Å². The summed E-state index contributed by atoms with van der Waals surface area (Å²) in [6.07, 6.45) is 2.93. The Hall–Kier alpha value is -1.79. The molecular formula is C20H28BNO4. The first-order chi connectivity index (χ1) is 12.3. The standard InChI is InChI=1S/C20H28BNO4/c1-7-8-9-16-17(21-25-19(2,3)20(4,5)26-21)18(22-24-16)14-10-12-15(23-6)13-11-14/h10-13H,7-9H2,1-6H3. The van der Waals surface area contributed by atoms with Gasteiger partial charge in [0.15, 0.2) is 0 Å². The molecule has 0 amide bonds. The fraction of sp³-hybridized carbons (Fsp3) is 0.550. The molecule has 26 heavy (non-hydrogen) atoms. The van der Waals surface area contributed by atoms with Crippen LogP contribution in [-0.2, 0) is 15.7 Å². The van der Waals surface area contributed by atoms with Crippen molar-refractivity contribution in [2.45, 2.75) is 65.1 Å². The number of ether oxygens (including phenoxy) is 1. The number of rotatable bonds is 6. The maximum atomic E-state index is 6.29. The van der Waals surface area contributed by atoms with Gasteiger partial charge in [-0.1, -0.05) is 18.5 Å². The molecule has 0 atom stereocenters. The normalized spacial score (nSPS) is 18.3. The van der Waals surface area contributed by atoms with Crippen molar-refractivity contribution in [1.82, 2.24) is 5.16 Å². The van der Waals surface area contributed by atoms with Gasteiger partial charge >= 0.3 is 7.12 Å². The summed E-state index contributed by atoms with van der Waals surface area (Å²) in [6, 6.07) is 7.80.